The van der Waals surface area contributed by atoms with Gasteiger partial charge in [0.2, 0.25) is 5.91 Å². The topological polar surface area (TPSA) is 107 Å². The second kappa shape index (κ2) is 13.6. The highest BCUT2D eigenvalue weighted by Crippen LogP contribution is 2.51. The molecule has 8 rings (SSSR count). The van der Waals surface area contributed by atoms with Gasteiger partial charge in [0.05, 0.1) is 30.8 Å². The third-order valence-electron chi connectivity index (χ3n) is 12.9. The molecule has 2 bridgehead atoms. The monoisotopic (exact) mass is 715 g/mol. The molecule has 3 fully saturated rings. The van der Waals surface area contributed by atoms with E-state index in [9.17, 15) is 13.8 Å². The van der Waals surface area contributed by atoms with Crippen molar-refractivity contribution in [3.05, 3.63) is 70.8 Å². The molecule has 6 atom stereocenters. The maximum Gasteiger partial charge on any atom is 0.286 e. The summed E-state index contributed by atoms with van der Waals surface area (Å²) in [6.07, 6.45) is 12.7. The van der Waals surface area contributed by atoms with E-state index in [0.29, 0.717) is 49.9 Å². The number of hydrogen-bond donors (Lipinski definition) is 1. The molecular weight excluding hydrogens is 663 g/mol. The number of benzene rings is 2. The zero-order valence-corrected chi connectivity index (χ0v) is 31.2. The molecule has 51 heavy (non-hydrogen) atoms. The van der Waals surface area contributed by atoms with Gasteiger partial charge in [-0.15, -0.1) is 4.36 Å². The van der Waals surface area contributed by atoms with Gasteiger partial charge in [-0.05, 0) is 117 Å². The minimum Gasteiger partial charge on any atom is -0.490 e. The lowest BCUT2D eigenvalue weighted by Gasteiger charge is -2.46. The fraction of sp³-hybridized carbons (Fsp3) is 0.610. The van der Waals surface area contributed by atoms with Crippen LogP contribution in [0, 0.1) is 36.0 Å². The molecule has 3 aliphatic carbocycles. The van der Waals surface area contributed by atoms with Crippen molar-refractivity contribution >= 4 is 27.4 Å². The van der Waals surface area contributed by atoms with Crippen LogP contribution in [0.4, 0.5) is 5.69 Å². The summed E-state index contributed by atoms with van der Waals surface area (Å²) in [5.41, 5.74) is 5.15. The van der Waals surface area contributed by atoms with E-state index in [4.69, 9.17) is 14.2 Å². The van der Waals surface area contributed by atoms with Gasteiger partial charge in [0, 0.05) is 43.7 Å². The number of fused-ring (bicyclic) bond motifs is 4. The van der Waals surface area contributed by atoms with Crippen LogP contribution in [0.15, 0.2) is 52.9 Å². The Kier molecular flexibility index (Phi) is 9.33. The van der Waals surface area contributed by atoms with Crippen molar-refractivity contribution in [2.75, 3.05) is 50.7 Å². The van der Waals surface area contributed by atoms with Crippen LogP contribution in [0.1, 0.15) is 85.3 Å². The summed E-state index contributed by atoms with van der Waals surface area (Å²) >= 11 is 0. The van der Waals surface area contributed by atoms with Crippen molar-refractivity contribution in [3.63, 3.8) is 0 Å². The maximum atomic E-state index is 14.6. The molecule has 1 N–H and O–H groups in total. The normalized spacial score (nSPS) is 36.8. The number of nitrogens with one attached hydrogen (secondary N) is 1. The smallest absolute Gasteiger partial charge is 0.286 e. The van der Waals surface area contributed by atoms with Crippen LogP contribution in [0.25, 0.3) is 0 Å². The van der Waals surface area contributed by atoms with Crippen LogP contribution in [-0.2, 0) is 36.0 Å². The first kappa shape index (κ1) is 34.9. The summed E-state index contributed by atoms with van der Waals surface area (Å²) in [5.74, 6) is 0.442. The lowest BCUT2D eigenvalue weighted by atomic mass is 9.61. The number of methoxy groups -OCH3 is 1. The van der Waals surface area contributed by atoms with Crippen LogP contribution < -0.4 is 14.4 Å². The molecule has 274 valence electrons. The van der Waals surface area contributed by atoms with Crippen molar-refractivity contribution in [1.82, 2.24) is 4.72 Å². The number of rotatable bonds is 3. The van der Waals surface area contributed by atoms with E-state index < -0.39 is 15.8 Å². The van der Waals surface area contributed by atoms with Crippen molar-refractivity contribution in [3.8, 4) is 5.75 Å². The summed E-state index contributed by atoms with van der Waals surface area (Å²) in [6.45, 7) is 7.72. The Balaban J connectivity index is 1.16. The summed E-state index contributed by atoms with van der Waals surface area (Å²) in [5, 5.41) is 0. The van der Waals surface area contributed by atoms with E-state index in [-0.39, 0.29) is 40.4 Å². The second-order valence-electron chi connectivity index (χ2n) is 16.7. The number of aryl methyl sites for hydroxylation is 2. The highest BCUT2D eigenvalue weighted by molar-refractivity contribution is 7.92. The number of amides is 2. The Labute approximate surface area is 303 Å². The SMILES string of the molecule is CO[C@H]1/C=C/C[C@H](C)C[S@@](=O)(NC(=O)C2CC3(CCOC3)C2)=NC(=O)c2ccc3c(c2)N(C[C@@H]2CC[C@H]21)C[C@@]1(CCCc2cc(C)ccc21)CO3. The van der Waals surface area contributed by atoms with E-state index >= 15 is 0 Å². The minimum absolute atomic E-state index is 0.0222. The Morgan fingerprint density at radius 3 is 2.75 bits per heavy atom. The molecule has 9 nitrogen and oxygen atoms in total. The zero-order valence-electron chi connectivity index (χ0n) is 30.4. The highest BCUT2D eigenvalue weighted by atomic mass is 32.2. The van der Waals surface area contributed by atoms with Crippen LogP contribution in [0.2, 0.25) is 0 Å². The number of allylic oxidation sites excluding steroid dienone is 1. The maximum absolute atomic E-state index is 14.6. The lowest BCUT2D eigenvalue weighted by molar-refractivity contribution is -0.130. The van der Waals surface area contributed by atoms with Gasteiger partial charge in [-0.2, -0.15) is 0 Å². The predicted octanol–water partition coefficient (Wildman–Crippen LogP) is 6.56. The molecule has 10 heteroatoms. The second-order valence-corrected chi connectivity index (χ2v) is 18.7. The zero-order chi connectivity index (χ0) is 35.4. The molecule has 2 aromatic carbocycles. The summed E-state index contributed by atoms with van der Waals surface area (Å²) in [6, 6.07) is 12.4. The van der Waals surface area contributed by atoms with Gasteiger partial charge < -0.3 is 19.1 Å². The summed E-state index contributed by atoms with van der Waals surface area (Å²) < 4.78 is 40.2. The molecule has 3 heterocycles. The summed E-state index contributed by atoms with van der Waals surface area (Å²) in [4.78, 5) is 30.0. The Morgan fingerprint density at radius 2 is 1.98 bits per heavy atom. The molecule has 6 aliphatic rings. The van der Waals surface area contributed by atoms with Crippen molar-refractivity contribution in [2.24, 2.45) is 33.4 Å². The van der Waals surface area contributed by atoms with Crippen molar-refractivity contribution < 1.29 is 28.0 Å². The van der Waals surface area contributed by atoms with Gasteiger partial charge >= 0.3 is 0 Å². The molecule has 1 saturated heterocycles. The number of anilines is 1. The van der Waals surface area contributed by atoms with E-state index in [1.807, 2.05) is 19.1 Å². The third kappa shape index (κ3) is 6.77. The molecule has 2 saturated carbocycles. The van der Waals surface area contributed by atoms with E-state index in [1.54, 1.807) is 13.2 Å². The number of ether oxygens (including phenoxy) is 3. The van der Waals surface area contributed by atoms with Gasteiger partial charge in [-0.1, -0.05) is 42.8 Å². The standard InChI is InChI=1S/C41H53N3O6S/c1-27-9-13-34-29(18-27)7-5-15-41(34)24-44-22-31-10-12-33(31)36(48-3)8-4-6-28(2)23-51(47,43-39(46)32-20-40(21-32)16-17-49-25-40)42-38(45)30-11-14-37(50-26-41)35(44)19-30/h4,8-9,11,13-14,18-19,28,31-33,36H,5-7,10,12,15-17,20-26H2,1-3H3,(H,42,43,45,46,47)/b8-4+/t28-,31-,32?,33+,36-,40?,41-,51-/m0/s1. The van der Waals surface area contributed by atoms with Crippen LogP contribution in [0.5, 0.6) is 5.75 Å². The first-order chi connectivity index (χ1) is 24.6. The number of hydrogen-bond acceptors (Lipinski definition) is 7. The molecule has 0 unspecified atom stereocenters. The van der Waals surface area contributed by atoms with Gasteiger partial charge in [0.15, 0.2) is 0 Å². The van der Waals surface area contributed by atoms with Crippen LogP contribution >= 0.6 is 0 Å². The van der Waals surface area contributed by atoms with Gasteiger partial charge in [0.1, 0.15) is 15.7 Å². The first-order valence-corrected chi connectivity index (χ1v) is 20.7. The predicted molar refractivity (Wildman–Crippen MR) is 198 cm³/mol. The molecule has 2 aromatic rings. The molecule has 0 aromatic heterocycles. The summed E-state index contributed by atoms with van der Waals surface area (Å²) in [7, 11) is -1.62. The van der Waals surface area contributed by atoms with Crippen LogP contribution in [0.3, 0.4) is 0 Å². The average Bonchev–Trinajstić information content (AvgIpc) is 3.52. The lowest BCUT2D eigenvalue weighted by Crippen LogP contribution is -2.49. The van der Waals surface area contributed by atoms with E-state index in [1.165, 1.54) is 16.7 Å². The minimum atomic E-state index is -3.41. The Bertz CT molecular complexity index is 1840. The Morgan fingerprint density at radius 1 is 1.12 bits per heavy atom. The molecule has 0 radical (unpaired) electrons. The van der Waals surface area contributed by atoms with E-state index in [2.05, 4.69) is 51.3 Å². The van der Waals surface area contributed by atoms with Gasteiger partial charge in [0.25, 0.3) is 5.91 Å². The first-order valence-electron chi connectivity index (χ1n) is 19.1. The van der Waals surface area contributed by atoms with Crippen molar-refractivity contribution in [2.45, 2.75) is 83.2 Å². The van der Waals surface area contributed by atoms with E-state index in [0.717, 1.165) is 69.7 Å². The molecular formula is C41H53N3O6S. The number of carbonyl (C=O) groups is 2. The fourth-order valence-electron chi connectivity index (χ4n) is 9.91. The fourth-order valence-corrected chi connectivity index (χ4v) is 11.9. The quantitative estimate of drug-likeness (QED) is 0.359. The molecule has 3 aliphatic heterocycles. The molecule has 2 spiro atoms. The number of nitrogens with zero attached hydrogens (tertiary/aromatic N) is 2. The number of carbonyl (C=O) groups excluding carboxylic acids is 2. The van der Waals surface area contributed by atoms with Crippen molar-refractivity contribution in [1.29, 1.82) is 0 Å². The van der Waals surface area contributed by atoms with Gasteiger partial charge in [-0.3, -0.25) is 14.3 Å². The highest BCUT2D eigenvalue weighted by Gasteiger charge is 2.50. The van der Waals surface area contributed by atoms with Gasteiger partial charge in [-0.25, -0.2) is 4.21 Å². The molecule has 2 amide bonds. The average molecular weight is 716 g/mol. The third-order valence-corrected chi connectivity index (χ3v) is 14.9. The Hall–Kier alpha value is -3.21. The largest absolute Gasteiger partial charge is 0.490 e. The van der Waals surface area contributed by atoms with Crippen LogP contribution in [-0.4, -0.2) is 67.9 Å².